The predicted octanol–water partition coefficient (Wildman–Crippen LogP) is 1.52. The van der Waals surface area contributed by atoms with E-state index in [4.69, 9.17) is 0 Å². The Hall–Kier alpha value is -1.96. The topological polar surface area (TPSA) is 82.1 Å². The number of nitrogens with zero attached hydrogens (tertiary/aromatic N) is 5. The first-order valence-corrected chi connectivity index (χ1v) is 8.30. The maximum absolute atomic E-state index is 4.39. The number of H-pyrrole nitrogens is 1. The fourth-order valence-corrected chi connectivity index (χ4v) is 3.47. The van der Waals surface area contributed by atoms with Gasteiger partial charge in [0.25, 0.3) is 0 Å². The van der Waals surface area contributed by atoms with Crippen LogP contribution in [0.1, 0.15) is 34.5 Å². The zero-order chi connectivity index (χ0) is 15.4. The fourth-order valence-electron chi connectivity index (χ4n) is 2.75. The summed E-state index contributed by atoms with van der Waals surface area (Å²) in [5.41, 5.74) is 0. The molecule has 1 saturated heterocycles. The Bertz CT molecular complexity index is 611. The number of aliphatic imine (C=N–C) groups is 1. The van der Waals surface area contributed by atoms with Gasteiger partial charge in [0.05, 0.1) is 6.54 Å². The van der Waals surface area contributed by atoms with Gasteiger partial charge in [-0.1, -0.05) is 0 Å². The fraction of sp³-hybridized carbons (Fsp3) is 0.571. The van der Waals surface area contributed by atoms with E-state index in [2.05, 4.69) is 42.3 Å². The van der Waals surface area contributed by atoms with Crippen molar-refractivity contribution in [1.82, 2.24) is 30.4 Å². The van der Waals surface area contributed by atoms with Crippen LogP contribution in [0, 0.1) is 6.92 Å². The van der Waals surface area contributed by atoms with E-state index in [1.54, 1.807) is 17.7 Å². The molecule has 0 bridgehead atoms. The molecule has 0 amide bonds. The zero-order valence-electron chi connectivity index (χ0n) is 12.9. The summed E-state index contributed by atoms with van der Waals surface area (Å²) in [6.07, 6.45) is 5.62. The van der Waals surface area contributed by atoms with Crippen molar-refractivity contribution in [3.05, 3.63) is 28.2 Å². The molecule has 0 saturated carbocycles. The van der Waals surface area contributed by atoms with Gasteiger partial charge < -0.3 is 10.2 Å². The lowest BCUT2D eigenvalue weighted by molar-refractivity contribution is 0.299. The molecular formula is C14H21N7S. The molecule has 2 aromatic heterocycles. The number of piperidine rings is 1. The average Bonchev–Trinajstić information content (AvgIpc) is 3.20. The molecule has 1 fully saturated rings. The Kier molecular flexibility index (Phi) is 4.67. The van der Waals surface area contributed by atoms with Gasteiger partial charge in [0.1, 0.15) is 17.2 Å². The highest BCUT2D eigenvalue weighted by molar-refractivity contribution is 7.11. The zero-order valence-corrected chi connectivity index (χ0v) is 13.7. The van der Waals surface area contributed by atoms with E-state index >= 15 is 0 Å². The highest BCUT2D eigenvalue weighted by atomic mass is 32.1. The third kappa shape index (κ3) is 3.44. The summed E-state index contributed by atoms with van der Waals surface area (Å²) < 4.78 is 0. The number of thiazole rings is 1. The van der Waals surface area contributed by atoms with Crippen LogP contribution < -0.4 is 5.32 Å². The molecule has 0 aromatic carbocycles. The van der Waals surface area contributed by atoms with Crippen LogP contribution in [0.5, 0.6) is 0 Å². The van der Waals surface area contributed by atoms with Crippen molar-refractivity contribution in [2.75, 3.05) is 20.1 Å². The highest BCUT2D eigenvalue weighted by Crippen LogP contribution is 2.24. The Morgan fingerprint density at radius 2 is 2.27 bits per heavy atom. The van der Waals surface area contributed by atoms with Gasteiger partial charge in [0, 0.05) is 37.1 Å². The van der Waals surface area contributed by atoms with Crippen LogP contribution in [0.3, 0.4) is 0 Å². The SMILES string of the molecule is CN=C(NCc1ncc(C)s1)N1CCC(c2ncn[nH]2)CC1. The van der Waals surface area contributed by atoms with Crippen molar-refractivity contribution in [2.24, 2.45) is 4.99 Å². The normalized spacial score (nSPS) is 17.0. The largest absolute Gasteiger partial charge is 0.350 e. The first-order chi connectivity index (χ1) is 10.8. The Labute approximate surface area is 133 Å². The van der Waals surface area contributed by atoms with Gasteiger partial charge in [-0.3, -0.25) is 10.1 Å². The number of hydrogen-bond acceptors (Lipinski definition) is 5. The molecule has 0 unspecified atom stereocenters. The van der Waals surface area contributed by atoms with Crippen molar-refractivity contribution in [1.29, 1.82) is 0 Å². The number of aromatic nitrogens is 4. The van der Waals surface area contributed by atoms with Crippen LogP contribution >= 0.6 is 11.3 Å². The summed E-state index contributed by atoms with van der Waals surface area (Å²) in [4.78, 5) is 16.6. The minimum atomic E-state index is 0.471. The Morgan fingerprint density at radius 3 is 2.86 bits per heavy atom. The second kappa shape index (κ2) is 6.87. The number of nitrogens with one attached hydrogen (secondary N) is 2. The first-order valence-electron chi connectivity index (χ1n) is 7.48. The molecule has 2 N–H and O–H groups in total. The summed E-state index contributed by atoms with van der Waals surface area (Å²) in [6.45, 7) is 4.75. The lowest BCUT2D eigenvalue weighted by Crippen LogP contribution is -2.45. The summed E-state index contributed by atoms with van der Waals surface area (Å²) in [5.74, 6) is 2.42. The summed E-state index contributed by atoms with van der Waals surface area (Å²) in [6, 6.07) is 0. The Balaban J connectivity index is 1.52. The predicted molar refractivity (Wildman–Crippen MR) is 87.0 cm³/mol. The Morgan fingerprint density at radius 1 is 1.45 bits per heavy atom. The molecule has 0 radical (unpaired) electrons. The smallest absolute Gasteiger partial charge is 0.193 e. The van der Waals surface area contributed by atoms with Gasteiger partial charge in [-0.05, 0) is 19.8 Å². The molecule has 0 atom stereocenters. The summed E-state index contributed by atoms with van der Waals surface area (Å²) in [7, 11) is 1.83. The molecule has 1 aliphatic heterocycles. The van der Waals surface area contributed by atoms with E-state index in [1.807, 2.05) is 13.2 Å². The van der Waals surface area contributed by atoms with Crippen LogP contribution in [0.15, 0.2) is 17.5 Å². The van der Waals surface area contributed by atoms with E-state index in [-0.39, 0.29) is 0 Å². The lowest BCUT2D eigenvalue weighted by Gasteiger charge is -2.33. The van der Waals surface area contributed by atoms with Crippen molar-refractivity contribution >= 4 is 17.3 Å². The molecular weight excluding hydrogens is 298 g/mol. The molecule has 0 spiro atoms. The number of aromatic amines is 1. The van der Waals surface area contributed by atoms with Crippen molar-refractivity contribution in [3.63, 3.8) is 0 Å². The highest BCUT2D eigenvalue weighted by Gasteiger charge is 2.24. The van der Waals surface area contributed by atoms with Gasteiger partial charge >= 0.3 is 0 Å². The van der Waals surface area contributed by atoms with Crippen LogP contribution in [0.4, 0.5) is 0 Å². The van der Waals surface area contributed by atoms with Crippen molar-refractivity contribution in [2.45, 2.75) is 32.2 Å². The summed E-state index contributed by atoms with van der Waals surface area (Å²) >= 11 is 1.72. The molecule has 2 aromatic rings. The average molecular weight is 319 g/mol. The van der Waals surface area contributed by atoms with E-state index < -0.39 is 0 Å². The minimum Gasteiger partial charge on any atom is -0.350 e. The molecule has 22 heavy (non-hydrogen) atoms. The van der Waals surface area contributed by atoms with Crippen molar-refractivity contribution < 1.29 is 0 Å². The quantitative estimate of drug-likeness (QED) is 0.662. The van der Waals surface area contributed by atoms with Gasteiger partial charge in [0.2, 0.25) is 0 Å². The number of aryl methyl sites for hydroxylation is 1. The molecule has 8 heteroatoms. The lowest BCUT2D eigenvalue weighted by atomic mass is 9.96. The third-order valence-electron chi connectivity index (χ3n) is 3.89. The molecule has 3 rings (SSSR count). The van der Waals surface area contributed by atoms with Gasteiger partial charge in [-0.2, -0.15) is 5.10 Å². The number of hydrogen-bond donors (Lipinski definition) is 2. The maximum atomic E-state index is 4.39. The molecule has 3 heterocycles. The maximum Gasteiger partial charge on any atom is 0.193 e. The van der Waals surface area contributed by atoms with Crippen LogP contribution in [-0.4, -0.2) is 51.2 Å². The van der Waals surface area contributed by atoms with Gasteiger partial charge in [0.15, 0.2) is 5.96 Å². The first kappa shape index (κ1) is 15.0. The number of guanidine groups is 1. The van der Waals surface area contributed by atoms with Crippen molar-refractivity contribution in [3.8, 4) is 0 Å². The van der Waals surface area contributed by atoms with Gasteiger partial charge in [-0.15, -0.1) is 11.3 Å². The van der Waals surface area contributed by atoms with E-state index in [1.165, 1.54) is 4.88 Å². The van der Waals surface area contributed by atoms with Crippen LogP contribution in [0.2, 0.25) is 0 Å². The minimum absolute atomic E-state index is 0.471. The molecule has 7 nitrogen and oxygen atoms in total. The number of likely N-dealkylation sites (tertiary alicyclic amines) is 1. The monoisotopic (exact) mass is 319 g/mol. The van der Waals surface area contributed by atoms with Gasteiger partial charge in [-0.25, -0.2) is 9.97 Å². The number of rotatable bonds is 3. The van der Waals surface area contributed by atoms with E-state index in [0.29, 0.717) is 5.92 Å². The second-order valence-corrected chi connectivity index (χ2v) is 6.72. The van der Waals surface area contributed by atoms with E-state index in [0.717, 1.165) is 49.3 Å². The molecule has 1 aliphatic rings. The van der Waals surface area contributed by atoms with Crippen LogP contribution in [-0.2, 0) is 6.54 Å². The standard InChI is InChI=1S/C14H21N7S/c1-10-7-16-12(22-10)8-17-14(15-2)21-5-3-11(4-6-21)13-18-9-19-20-13/h7,9,11H,3-6,8H2,1-2H3,(H,15,17)(H,18,19,20). The molecule has 118 valence electrons. The van der Waals surface area contributed by atoms with Crippen LogP contribution in [0.25, 0.3) is 0 Å². The van der Waals surface area contributed by atoms with E-state index in [9.17, 15) is 0 Å². The third-order valence-corrected chi connectivity index (χ3v) is 4.81. The molecule has 0 aliphatic carbocycles. The summed E-state index contributed by atoms with van der Waals surface area (Å²) in [5, 5.41) is 11.4. The second-order valence-electron chi connectivity index (χ2n) is 5.40.